The predicted molar refractivity (Wildman–Crippen MR) is 105 cm³/mol. The molecule has 0 bridgehead atoms. The zero-order chi connectivity index (χ0) is 18.1. The summed E-state index contributed by atoms with van der Waals surface area (Å²) in [5.74, 6) is -0.539. The third kappa shape index (κ3) is 3.02. The Bertz CT molecular complexity index is 1130. The maximum Gasteiger partial charge on any atom is 0.275 e. The SMILES string of the molecule is CC(=NNC(=O)c1cc2ccccc2cc1O)c1nc2ccccc2s1. The zero-order valence-corrected chi connectivity index (χ0v) is 14.7. The molecule has 4 rings (SSSR count). The van der Waals surface area contributed by atoms with Gasteiger partial charge in [0.25, 0.3) is 5.91 Å². The molecule has 0 aliphatic heterocycles. The number of amides is 1. The van der Waals surface area contributed by atoms with Crippen molar-refractivity contribution in [2.75, 3.05) is 0 Å². The van der Waals surface area contributed by atoms with Gasteiger partial charge in [0.2, 0.25) is 0 Å². The van der Waals surface area contributed by atoms with Gasteiger partial charge in [-0.05, 0) is 42.0 Å². The Morgan fingerprint density at radius 2 is 1.77 bits per heavy atom. The minimum atomic E-state index is -0.464. The van der Waals surface area contributed by atoms with E-state index >= 15 is 0 Å². The summed E-state index contributed by atoms with van der Waals surface area (Å²) in [6, 6.07) is 18.6. The zero-order valence-electron chi connectivity index (χ0n) is 13.9. The molecular weight excluding hydrogens is 346 g/mol. The van der Waals surface area contributed by atoms with Crippen molar-refractivity contribution in [1.29, 1.82) is 0 Å². The van der Waals surface area contributed by atoms with E-state index in [2.05, 4.69) is 15.5 Å². The molecule has 1 aromatic heterocycles. The normalized spacial score (nSPS) is 11.8. The Balaban J connectivity index is 1.59. The summed E-state index contributed by atoms with van der Waals surface area (Å²) >= 11 is 1.52. The molecule has 0 spiro atoms. The van der Waals surface area contributed by atoms with Gasteiger partial charge in [-0.3, -0.25) is 4.79 Å². The molecule has 0 atom stereocenters. The molecule has 0 aliphatic carbocycles. The maximum atomic E-state index is 12.4. The van der Waals surface area contributed by atoms with E-state index in [4.69, 9.17) is 0 Å². The van der Waals surface area contributed by atoms with E-state index in [9.17, 15) is 9.90 Å². The topological polar surface area (TPSA) is 74.6 Å². The van der Waals surface area contributed by atoms with Gasteiger partial charge in [0.1, 0.15) is 10.8 Å². The summed E-state index contributed by atoms with van der Waals surface area (Å²) in [5, 5.41) is 16.8. The number of aromatic hydroxyl groups is 1. The van der Waals surface area contributed by atoms with Crippen LogP contribution in [-0.2, 0) is 0 Å². The summed E-state index contributed by atoms with van der Waals surface area (Å²) < 4.78 is 1.07. The van der Waals surface area contributed by atoms with Crippen molar-refractivity contribution in [3.8, 4) is 5.75 Å². The van der Waals surface area contributed by atoms with Crippen molar-refractivity contribution in [2.24, 2.45) is 5.10 Å². The van der Waals surface area contributed by atoms with Crippen LogP contribution in [0.25, 0.3) is 21.0 Å². The molecule has 0 radical (unpaired) electrons. The number of rotatable bonds is 3. The number of hydrogen-bond donors (Lipinski definition) is 2. The lowest BCUT2D eigenvalue weighted by atomic mass is 10.1. The number of nitrogens with zero attached hydrogens (tertiary/aromatic N) is 2. The molecule has 1 heterocycles. The van der Waals surface area contributed by atoms with Gasteiger partial charge in [0.15, 0.2) is 0 Å². The Hall–Kier alpha value is -3.25. The molecule has 0 saturated carbocycles. The number of benzene rings is 3. The molecule has 0 fully saturated rings. The predicted octanol–water partition coefficient (Wildman–Crippen LogP) is 4.31. The van der Waals surface area contributed by atoms with Gasteiger partial charge < -0.3 is 5.11 Å². The second kappa shape index (κ2) is 6.57. The number of phenols is 1. The van der Waals surface area contributed by atoms with Crippen LogP contribution in [0.4, 0.5) is 0 Å². The summed E-state index contributed by atoms with van der Waals surface area (Å²) in [5.41, 5.74) is 4.20. The van der Waals surface area contributed by atoms with Crippen molar-refractivity contribution in [3.05, 3.63) is 71.2 Å². The molecule has 4 aromatic rings. The van der Waals surface area contributed by atoms with Gasteiger partial charge in [-0.1, -0.05) is 36.4 Å². The number of carbonyl (C=O) groups is 1. The lowest BCUT2D eigenvalue weighted by molar-refractivity contribution is 0.0952. The Morgan fingerprint density at radius 1 is 1.08 bits per heavy atom. The first kappa shape index (κ1) is 16.2. The molecule has 0 saturated heterocycles. The van der Waals surface area contributed by atoms with E-state index in [0.717, 1.165) is 26.0 Å². The Labute approximate surface area is 153 Å². The molecular formula is C20H15N3O2S. The van der Waals surface area contributed by atoms with Gasteiger partial charge in [-0.2, -0.15) is 5.10 Å². The van der Waals surface area contributed by atoms with Crippen molar-refractivity contribution in [2.45, 2.75) is 6.92 Å². The molecule has 3 aromatic carbocycles. The highest BCUT2D eigenvalue weighted by Gasteiger charge is 2.13. The average molecular weight is 361 g/mol. The van der Waals surface area contributed by atoms with Crippen molar-refractivity contribution < 1.29 is 9.90 Å². The molecule has 1 amide bonds. The van der Waals surface area contributed by atoms with Crippen LogP contribution in [0.1, 0.15) is 22.3 Å². The number of nitrogens with one attached hydrogen (secondary N) is 1. The number of para-hydroxylation sites is 1. The molecule has 0 aliphatic rings. The highest BCUT2D eigenvalue weighted by atomic mass is 32.1. The van der Waals surface area contributed by atoms with Crippen LogP contribution in [0, 0.1) is 0 Å². The van der Waals surface area contributed by atoms with Gasteiger partial charge in [0.05, 0.1) is 21.5 Å². The van der Waals surface area contributed by atoms with Crippen LogP contribution in [0.3, 0.4) is 0 Å². The van der Waals surface area contributed by atoms with Crippen molar-refractivity contribution in [3.63, 3.8) is 0 Å². The first-order valence-corrected chi connectivity index (χ1v) is 8.86. The summed E-state index contributed by atoms with van der Waals surface area (Å²) in [4.78, 5) is 16.9. The molecule has 2 N–H and O–H groups in total. The monoisotopic (exact) mass is 361 g/mol. The number of thiazole rings is 1. The van der Waals surface area contributed by atoms with Gasteiger partial charge >= 0.3 is 0 Å². The number of carbonyl (C=O) groups excluding carboxylic acids is 1. The first-order valence-electron chi connectivity index (χ1n) is 8.04. The van der Waals surface area contributed by atoms with Crippen molar-refractivity contribution >= 4 is 43.9 Å². The highest BCUT2D eigenvalue weighted by Crippen LogP contribution is 2.25. The van der Waals surface area contributed by atoms with Crippen LogP contribution < -0.4 is 5.43 Å². The Kier molecular flexibility index (Phi) is 4.10. The molecule has 0 unspecified atom stereocenters. The van der Waals surface area contributed by atoms with Crippen molar-refractivity contribution in [1.82, 2.24) is 10.4 Å². The van der Waals surface area contributed by atoms with E-state index in [1.165, 1.54) is 11.3 Å². The summed E-state index contributed by atoms with van der Waals surface area (Å²) in [7, 11) is 0. The van der Waals surface area contributed by atoms with Crippen LogP contribution in [-0.4, -0.2) is 21.7 Å². The van der Waals surface area contributed by atoms with E-state index in [1.807, 2.05) is 48.5 Å². The average Bonchev–Trinajstić information content (AvgIpc) is 3.09. The summed E-state index contributed by atoms with van der Waals surface area (Å²) in [6.45, 7) is 1.79. The number of phenolic OH excluding ortho intramolecular Hbond substituents is 1. The molecule has 5 nitrogen and oxygen atoms in total. The van der Waals surface area contributed by atoms with Crippen LogP contribution >= 0.6 is 11.3 Å². The fourth-order valence-corrected chi connectivity index (χ4v) is 3.59. The smallest absolute Gasteiger partial charge is 0.275 e. The molecule has 6 heteroatoms. The van der Waals surface area contributed by atoms with E-state index < -0.39 is 5.91 Å². The number of hydrogen-bond acceptors (Lipinski definition) is 5. The second-order valence-electron chi connectivity index (χ2n) is 5.84. The van der Waals surface area contributed by atoms with Crippen LogP contribution in [0.5, 0.6) is 5.75 Å². The van der Waals surface area contributed by atoms with Crippen LogP contribution in [0.15, 0.2) is 65.8 Å². The standard InChI is InChI=1S/C20H15N3O2S/c1-12(20-21-16-8-4-5-9-18(16)26-20)22-23-19(25)15-10-13-6-2-3-7-14(13)11-17(15)24/h2-11,24H,1H3,(H,23,25). The third-order valence-corrected chi connectivity index (χ3v) is 5.18. The van der Waals surface area contributed by atoms with Gasteiger partial charge in [-0.15, -0.1) is 11.3 Å². The van der Waals surface area contributed by atoms with E-state index in [-0.39, 0.29) is 11.3 Å². The van der Waals surface area contributed by atoms with Gasteiger partial charge in [0, 0.05) is 0 Å². The number of hydrazone groups is 1. The fourth-order valence-electron chi connectivity index (χ4n) is 2.68. The number of aromatic nitrogens is 1. The summed E-state index contributed by atoms with van der Waals surface area (Å²) in [6.07, 6.45) is 0. The van der Waals surface area contributed by atoms with Crippen LogP contribution in [0.2, 0.25) is 0 Å². The first-order chi connectivity index (χ1) is 12.6. The Morgan fingerprint density at radius 3 is 2.54 bits per heavy atom. The largest absolute Gasteiger partial charge is 0.507 e. The lowest BCUT2D eigenvalue weighted by Crippen LogP contribution is -2.19. The lowest BCUT2D eigenvalue weighted by Gasteiger charge is -2.06. The quantitative estimate of drug-likeness (QED) is 0.422. The number of fused-ring (bicyclic) bond motifs is 2. The minimum Gasteiger partial charge on any atom is -0.507 e. The molecule has 26 heavy (non-hydrogen) atoms. The molecule has 128 valence electrons. The minimum absolute atomic E-state index is 0.0750. The fraction of sp³-hybridized carbons (Fsp3) is 0.0500. The maximum absolute atomic E-state index is 12.4. The third-order valence-electron chi connectivity index (χ3n) is 4.04. The second-order valence-corrected chi connectivity index (χ2v) is 6.87. The van der Waals surface area contributed by atoms with E-state index in [1.54, 1.807) is 19.1 Å². The van der Waals surface area contributed by atoms with E-state index in [0.29, 0.717) is 5.71 Å². The van der Waals surface area contributed by atoms with Gasteiger partial charge in [-0.25, -0.2) is 10.4 Å². The highest BCUT2D eigenvalue weighted by molar-refractivity contribution is 7.20.